The summed E-state index contributed by atoms with van der Waals surface area (Å²) in [7, 11) is 1.41. The third-order valence-corrected chi connectivity index (χ3v) is 2.93. The van der Waals surface area contributed by atoms with Gasteiger partial charge in [-0.15, -0.1) is 0 Å². The molecule has 2 rings (SSSR count). The van der Waals surface area contributed by atoms with Crippen LogP contribution in [0.2, 0.25) is 0 Å². The zero-order chi connectivity index (χ0) is 16.1. The van der Waals surface area contributed by atoms with Crippen LogP contribution in [0.1, 0.15) is 20.7 Å². The fourth-order valence-electron chi connectivity index (χ4n) is 1.78. The molecule has 0 fully saturated rings. The first-order chi connectivity index (χ1) is 10.5. The third kappa shape index (κ3) is 3.41. The lowest BCUT2D eigenvalue weighted by atomic mass is 10.1. The van der Waals surface area contributed by atoms with E-state index in [9.17, 15) is 19.1 Å². The summed E-state index contributed by atoms with van der Waals surface area (Å²) in [5.74, 6) is -2.21. The zero-order valence-electron chi connectivity index (χ0n) is 11.7. The van der Waals surface area contributed by atoms with E-state index in [1.165, 1.54) is 43.5 Å². The Labute approximate surface area is 125 Å². The van der Waals surface area contributed by atoms with E-state index in [0.717, 1.165) is 6.07 Å². The van der Waals surface area contributed by atoms with E-state index in [1.807, 2.05) is 0 Å². The summed E-state index contributed by atoms with van der Waals surface area (Å²) in [6, 6.07) is 9.42. The minimum atomic E-state index is -0.902. The molecule has 0 aliphatic rings. The van der Waals surface area contributed by atoms with E-state index in [0.29, 0.717) is 5.75 Å². The van der Waals surface area contributed by atoms with Crippen molar-refractivity contribution in [2.45, 2.75) is 0 Å². The Bertz CT molecular complexity index is 711. The van der Waals surface area contributed by atoms with Crippen molar-refractivity contribution >= 4 is 11.8 Å². The molecule has 6 heteroatoms. The second-order valence-corrected chi connectivity index (χ2v) is 4.36. The van der Waals surface area contributed by atoms with E-state index in [-0.39, 0.29) is 16.9 Å². The Hall–Kier alpha value is -2.89. The maximum atomic E-state index is 13.4. The normalized spacial score (nSPS) is 10.1. The highest BCUT2D eigenvalue weighted by Gasteiger charge is 2.17. The monoisotopic (exact) mass is 304 g/mol. The number of ether oxygens (including phenoxy) is 2. The average molecular weight is 304 g/mol. The van der Waals surface area contributed by atoms with Gasteiger partial charge in [0.25, 0.3) is 0 Å². The first-order valence-corrected chi connectivity index (χ1v) is 6.34. The van der Waals surface area contributed by atoms with Crippen molar-refractivity contribution in [3.05, 3.63) is 59.4 Å². The van der Waals surface area contributed by atoms with Gasteiger partial charge in [-0.05, 0) is 30.3 Å². The molecular formula is C16H13FO5. The Morgan fingerprint density at radius 1 is 1.14 bits per heavy atom. The first-order valence-electron chi connectivity index (χ1n) is 6.34. The van der Waals surface area contributed by atoms with Gasteiger partial charge in [0.15, 0.2) is 6.61 Å². The maximum Gasteiger partial charge on any atom is 0.342 e. The van der Waals surface area contributed by atoms with E-state index in [4.69, 9.17) is 9.47 Å². The lowest BCUT2D eigenvalue weighted by Crippen LogP contribution is -2.15. The Kier molecular flexibility index (Phi) is 4.73. The minimum absolute atomic E-state index is 0.138. The van der Waals surface area contributed by atoms with Gasteiger partial charge in [-0.25, -0.2) is 9.18 Å². The van der Waals surface area contributed by atoms with Crippen molar-refractivity contribution in [1.82, 2.24) is 0 Å². The third-order valence-electron chi connectivity index (χ3n) is 2.93. The number of phenols is 1. The molecule has 0 amide bonds. The van der Waals surface area contributed by atoms with Crippen molar-refractivity contribution in [3.63, 3.8) is 0 Å². The summed E-state index contributed by atoms with van der Waals surface area (Å²) >= 11 is 0. The van der Waals surface area contributed by atoms with E-state index in [2.05, 4.69) is 0 Å². The zero-order valence-corrected chi connectivity index (χ0v) is 11.7. The van der Waals surface area contributed by atoms with Gasteiger partial charge in [0.1, 0.15) is 22.9 Å². The lowest BCUT2D eigenvalue weighted by molar-refractivity contribution is 0.0470. The number of Topliss-reactive ketones (excluding diaryl/α,β-unsaturated/α-hetero) is 1. The van der Waals surface area contributed by atoms with Gasteiger partial charge in [-0.1, -0.05) is 12.1 Å². The van der Waals surface area contributed by atoms with Crippen LogP contribution in [0, 0.1) is 5.82 Å². The van der Waals surface area contributed by atoms with Gasteiger partial charge < -0.3 is 14.6 Å². The van der Waals surface area contributed by atoms with E-state index >= 15 is 0 Å². The highest BCUT2D eigenvalue weighted by atomic mass is 19.1. The number of ketones is 1. The van der Waals surface area contributed by atoms with Gasteiger partial charge >= 0.3 is 5.97 Å². The van der Waals surface area contributed by atoms with E-state index in [1.54, 1.807) is 0 Å². The molecule has 0 aromatic heterocycles. The number of hydrogen-bond donors (Lipinski definition) is 1. The van der Waals surface area contributed by atoms with Crippen LogP contribution in [0.4, 0.5) is 4.39 Å². The lowest BCUT2D eigenvalue weighted by Gasteiger charge is -2.08. The summed E-state index contributed by atoms with van der Waals surface area (Å²) in [5.41, 5.74) is -0.300. The standard InChI is InChI=1S/C16H13FO5/c1-21-10-6-7-14(18)12(8-10)16(20)22-9-15(19)11-4-2-3-5-13(11)17/h2-8,18H,9H2,1H3. The highest BCUT2D eigenvalue weighted by Crippen LogP contribution is 2.23. The van der Waals surface area contributed by atoms with Gasteiger partial charge in [-0.2, -0.15) is 0 Å². The molecule has 0 atom stereocenters. The SMILES string of the molecule is COc1ccc(O)c(C(=O)OCC(=O)c2ccccc2F)c1. The summed E-state index contributed by atoms with van der Waals surface area (Å²) < 4.78 is 23.2. The largest absolute Gasteiger partial charge is 0.507 e. The number of hydrogen-bond acceptors (Lipinski definition) is 5. The molecule has 0 saturated carbocycles. The van der Waals surface area contributed by atoms with Gasteiger partial charge in [0.2, 0.25) is 5.78 Å². The molecule has 0 radical (unpaired) electrons. The Balaban J connectivity index is 2.07. The number of phenolic OH excluding ortho intramolecular Hbond substituents is 1. The molecule has 0 aliphatic carbocycles. The highest BCUT2D eigenvalue weighted by molar-refractivity contribution is 6.00. The van der Waals surface area contributed by atoms with Crippen LogP contribution in [-0.2, 0) is 4.74 Å². The minimum Gasteiger partial charge on any atom is -0.507 e. The second kappa shape index (κ2) is 6.71. The average Bonchev–Trinajstić information content (AvgIpc) is 2.53. The van der Waals surface area contributed by atoms with Crippen LogP contribution < -0.4 is 4.74 Å². The first kappa shape index (κ1) is 15.5. The van der Waals surface area contributed by atoms with Crippen LogP contribution in [-0.4, -0.2) is 30.6 Å². The molecular weight excluding hydrogens is 291 g/mol. The molecule has 0 spiro atoms. The molecule has 0 aliphatic heterocycles. The molecule has 22 heavy (non-hydrogen) atoms. The van der Waals surface area contributed by atoms with E-state index < -0.39 is 24.2 Å². The van der Waals surface area contributed by atoms with Crippen molar-refractivity contribution in [1.29, 1.82) is 0 Å². The summed E-state index contributed by atoms with van der Waals surface area (Å²) in [5, 5.41) is 9.63. The molecule has 114 valence electrons. The molecule has 1 N–H and O–H groups in total. The number of methoxy groups -OCH3 is 1. The Morgan fingerprint density at radius 3 is 2.55 bits per heavy atom. The smallest absolute Gasteiger partial charge is 0.342 e. The molecule has 0 saturated heterocycles. The summed E-state index contributed by atoms with van der Waals surface area (Å²) in [6.45, 7) is -0.629. The summed E-state index contributed by atoms with van der Waals surface area (Å²) in [4.78, 5) is 23.7. The maximum absolute atomic E-state index is 13.4. The fourth-order valence-corrected chi connectivity index (χ4v) is 1.78. The topological polar surface area (TPSA) is 72.8 Å². The molecule has 2 aromatic rings. The van der Waals surface area contributed by atoms with Crippen LogP contribution in [0.15, 0.2) is 42.5 Å². The number of benzene rings is 2. The quantitative estimate of drug-likeness (QED) is 0.679. The number of rotatable bonds is 5. The second-order valence-electron chi connectivity index (χ2n) is 4.36. The Morgan fingerprint density at radius 2 is 1.86 bits per heavy atom. The summed E-state index contributed by atoms with van der Waals surface area (Å²) in [6.07, 6.45) is 0. The molecule has 0 heterocycles. The van der Waals surface area contributed by atoms with Crippen molar-refractivity contribution in [2.75, 3.05) is 13.7 Å². The number of esters is 1. The predicted octanol–water partition coefficient (Wildman–Crippen LogP) is 2.58. The van der Waals surface area contributed by atoms with Crippen LogP contribution in [0.25, 0.3) is 0 Å². The molecule has 0 bridgehead atoms. The van der Waals surface area contributed by atoms with Gasteiger partial charge in [-0.3, -0.25) is 4.79 Å². The number of carbonyl (C=O) groups excluding carboxylic acids is 2. The molecule has 2 aromatic carbocycles. The van der Waals surface area contributed by atoms with Crippen molar-refractivity contribution in [2.24, 2.45) is 0 Å². The molecule has 0 unspecified atom stereocenters. The fraction of sp³-hybridized carbons (Fsp3) is 0.125. The van der Waals surface area contributed by atoms with Crippen molar-refractivity contribution < 1.29 is 28.6 Å². The number of halogens is 1. The van der Waals surface area contributed by atoms with Gasteiger partial charge in [0.05, 0.1) is 12.7 Å². The van der Waals surface area contributed by atoms with Crippen molar-refractivity contribution in [3.8, 4) is 11.5 Å². The predicted molar refractivity (Wildman–Crippen MR) is 75.7 cm³/mol. The van der Waals surface area contributed by atoms with Crippen LogP contribution in [0.5, 0.6) is 11.5 Å². The number of carbonyl (C=O) groups is 2. The van der Waals surface area contributed by atoms with Crippen LogP contribution >= 0.6 is 0 Å². The molecule has 5 nitrogen and oxygen atoms in total. The van der Waals surface area contributed by atoms with Gasteiger partial charge in [0, 0.05) is 0 Å². The number of aromatic hydroxyl groups is 1. The van der Waals surface area contributed by atoms with Crippen LogP contribution in [0.3, 0.4) is 0 Å².